The van der Waals surface area contributed by atoms with Gasteiger partial charge in [-0.2, -0.15) is 0 Å². The number of rotatable bonds is 7. The van der Waals surface area contributed by atoms with Crippen molar-refractivity contribution in [2.24, 2.45) is 46.3 Å². The molecule has 4 aliphatic carbocycles. The Labute approximate surface area is 197 Å². The smallest absolute Gasteiger partial charge is 0.302 e. The van der Waals surface area contributed by atoms with E-state index in [0.29, 0.717) is 23.2 Å². The molecule has 4 rings (SSSR count). The van der Waals surface area contributed by atoms with Crippen LogP contribution in [0.4, 0.5) is 0 Å². The van der Waals surface area contributed by atoms with Gasteiger partial charge in [0.2, 0.25) is 0 Å². The second kappa shape index (κ2) is 9.23. The maximum absolute atomic E-state index is 11.1. The quantitative estimate of drug-likeness (QED) is 0.422. The van der Waals surface area contributed by atoms with Crippen LogP contribution >= 0.6 is 0 Å². The van der Waals surface area contributed by atoms with Gasteiger partial charge < -0.3 is 9.84 Å². The highest BCUT2D eigenvalue weighted by atomic mass is 16.5. The van der Waals surface area contributed by atoms with Gasteiger partial charge in [0, 0.05) is 6.92 Å². The summed E-state index contributed by atoms with van der Waals surface area (Å²) in [5, 5.41) is 10.6. The van der Waals surface area contributed by atoms with Gasteiger partial charge in [-0.3, -0.25) is 4.79 Å². The van der Waals surface area contributed by atoms with E-state index in [1.54, 1.807) is 6.92 Å². The van der Waals surface area contributed by atoms with E-state index in [0.717, 1.165) is 36.0 Å². The molecular weight excluding hydrogens is 396 g/mol. The van der Waals surface area contributed by atoms with Gasteiger partial charge in [0.25, 0.3) is 0 Å². The standard InChI is InChI=1S/C29H50O3/c1-20(9-8-16-27(3,31)19-32-21(2)30)24-13-14-25-23-12-11-22-10-6-7-17-28(22,4)26(23)15-18-29(24,25)5/h20,22-26,31H,6-19H2,1-5H3/t20-,22?,23+,24-,25+,26+,27?,28+,29-/m1/s1. The molecule has 0 aromatic carbocycles. The number of fused-ring (bicyclic) bond motifs is 5. The molecule has 4 saturated carbocycles. The molecule has 4 aliphatic rings. The third-order valence-electron chi connectivity index (χ3n) is 11.3. The predicted molar refractivity (Wildman–Crippen MR) is 130 cm³/mol. The third kappa shape index (κ3) is 4.53. The summed E-state index contributed by atoms with van der Waals surface area (Å²) in [6.45, 7) is 11.1. The van der Waals surface area contributed by atoms with Crippen LogP contribution in [0, 0.1) is 46.3 Å². The van der Waals surface area contributed by atoms with Crippen LogP contribution in [0.15, 0.2) is 0 Å². The minimum atomic E-state index is -0.903. The van der Waals surface area contributed by atoms with E-state index >= 15 is 0 Å². The van der Waals surface area contributed by atoms with E-state index in [2.05, 4.69) is 20.8 Å². The molecule has 4 fully saturated rings. The summed E-state index contributed by atoms with van der Waals surface area (Å²) in [6.07, 6.45) is 17.6. The zero-order valence-electron chi connectivity index (χ0n) is 21.6. The zero-order chi connectivity index (χ0) is 23.1. The van der Waals surface area contributed by atoms with Crippen molar-refractivity contribution in [2.75, 3.05) is 6.61 Å². The van der Waals surface area contributed by atoms with E-state index in [9.17, 15) is 9.90 Å². The van der Waals surface area contributed by atoms with E-state index in [1.807, 2.05) is 0 Å². The Morgan fingerprint density at radius 1 is 1.03 bits per heavy atom. The average molecular weight is 447 g/mol. The maximum atomic E-state index is 11.1. The van der Waals surface area contributed by atoms with E-state index < -0.39 is 5.60 Å². The predicted octanol–water partition coefficient (Wildman–Crippen LogP) is 7.16. The molecule has 2 unspecified atom stereocenters. The topological polar surface area (TPSA) is 46.5 Å². The van der Waals surface area contributed by atoms with Crippen LogP contribution in [0.25, 0.3) is 0 Å². The van der Waals surface area contributed by atoms with Crippen LogP contribution < -0.4 is 0 Å². The Balaban J connectivity index is 1.36. The van der Waals surface area contributed by atoms with Gasteiger partial charge in [0.1, 0.15) is 6.61 Å². The number of ether oxygens (including phenoxy) is 1. The summed E-state index contributed by atoms with van der Waals surface area (Å²) < 4.78 is 5.06. The zero-order valence-corrected chi connectivity index (χ0v) is 21.6. The lowest BCUT2D eigenvalue weighted by Crippen LogP contribution is -2.53. The van der Waals surface area contributed by atoms with Crippen molar-refractivity contribution in [3.8, 4) is 0 Å². The minimum Gasteiger partial charge on any atom is -0.463 e. The van der Waals surface area contributed by atoms with Gasteiger partial charge in [-0.15, -0.1) is 0 Å². The SMILES string of the molecule is CC(=O)OCC(C)(O)CCC[C@@H](C)[C@H]1CC[C@H]2[C@@H]3CCC4CCCC[C@]4(C)[C@H]3CC[C@]12C. The van der Waals surface area contributed by atoms with E-state index in [-0.39, 0.29) is 12.6 Å². The molecule has 0 amide bonds. The molecule has 1 N–H and O–H groups in total. The monoisotopic (exact) mass is 446 g/mol. The van der Waals surface area contributed by atoms with Crippen molar-refractivity contribution in [3.05, 3.63) is 0 Å². The van der Waals surface area contributed by atoms with Crippen LogP contribution in [0.1, 0.15) is 118 Å². The fourth-order valence-electron chi connectivity index (χ4n) is 9.61. The van der Waals surface area contributed by atoms with Crippen molar-refractivity contribution < 1.29 is 14.6 Å². The number of hydrogen-bond acceptors (Lipinski definition) is 3. The van der Waals surface area contributed by atoms with Crippen molar-refractivity contribution in [1.82, 2.24) is 0 Å². The highest BCUT2D eigenvalue weighted by Gasteiger charge is 2.60. The van der Waals surface area contributed by atoms with Crippen molar-refractivity contribution in [2.45, 2.75) is 124 Å². The van der Waals surface area contributed by atoms with E-state index in [4.69, 9.17) is 4.74 Å². The summed E-state index contributed by atoms with van der Waals surface area (Å²) in [6, 6.07) is 0. The Kier molecular flexibility index (Phi) is 7.08. The third-order valence-corrected chi connectivity index (χ3v) is 11.3. The molecule has 0 saturated heterocycles. The molecule has 0 radical (unpaired) electrons. The highest BCUT2D eigenvalue weighted by Crippen LogP contribution is 2.68. The number of aliphatic hydroxyl groups is 1. The molecule has 0 heterocycles. The van der Waals surface area contributed by atoms with Gasteiger partial charge >= 0.3 is 5.97 Å². The first kappa shape index (κ1) is 24.6. The molecule has 0 spiro atoms. The largest absolute Gasteiger partial charge is 0.463 e. The summed E-state index contributed by atoms with van der Waals surface area (Å²) >= 11 is 0. The molecule has 0 aromatic rings. The Morgan fingerprint density at radius 3 is 2.53 bits per heavy atom. The number of esters is 1. The summed E-state index contributed by atoms with van der Waals surface area (Å²) in [5.74, 6) is 5.17. The van der Waals surface area contributed by atoms with Gasteiger partial charge in [-0.1, -0.05) is 46.5 Å². The number of carbonyl (C=O) groups excluding carboxylic acids is 1. The van der Waals surface area contributed by atoms with Crippen LogP contribution in [0.3, 0.4) is 0 Å². The van der Waals surface area contributed by atoms with Gasteiger partial charge in [0.05, 0.1) is 5.60 Å². The molecule has 0 aromatic heterocycles. The second-order valence-electron chi connectivity index (χ2n) is 13.3. The molecule has 0 aliphatic heterocycles. The second-order valence-corrected chi connectivity index (χ2v) is 13.3. The average Bonchev–Trinajstić information content (AvgIpc) is 3.09. The Morgan fingerprint density at radius 2 is 1.78 bits per heavy atom. The lowest BCUT2D eigenvalue weighted by molar-refractivity contribution is -0.148. The van der Waals surface area contributed by atoms with Crippen LogP contribution in [-0.2, 0) is 9.53 Å². The maximum Gasteiger partial charge on any atom is 0.302 e. The lowest BCUT2D eigenvalue weighted by Gasteiger charge is -2.61. The van der Waals surface area contributed by atoms with E-state index in [1.165, 1.54) is 77.6 Å². The van der Waals surface area contributed by atoms with Crippen LogP contribution in [0.5, 0.6) is 0 Å². The highest BCUT2D eigenvalue weighted by molar-refractivity contribution is 5.65. The molecule has 3 heteroatoms. The Hall–Kier alpha value is -0.570. The number of hydrogen-bond donors (Lipinski definition) is 1. The van der Waals surface area contributed by atoms with Crippen molar-refractivity contribution in [1.29, 1.82) is 0 Å². The molecule has 0 bridgehead atoms. The minimum absolute atomic E-state index is 0.114. The van der Waals surface area contributed by atoms with Gasteiger partial charge in [-0.05, 0) is 111 Å². The molecule has 184 valence electrons. The summed E-state index contributed by atoms with van der Waals surface area (Å²) in [5.41, 5.74) is 0.262. The summed E-state index contributed by atoms with van der Waals surface area (Å²) in [4.78, 5) is 11.1. The Bertz CT molecular complexity index is 671. The molecular formula is C29H50O3. The van der Waals surface area contributed by atoms with Gasteiger partial charge in [-0.25, -0.2) is 0 Å². The lowest BCUT2D eigenvalue weighted by atomic mass is 9.44. The molecule has 3 nitrogen and oxygen atoms in total. The molecule has 9 atom stereocenters. The first-order valence-corrected chi connectivity index (χ1v) is 13.9. The first-order valence-electron chi connectivity index (χ1n) is 13.9. The molecule has 32 heavy (non-hydrogen) atoms. The normalized spacial score (nSPS) is 44.0. The fourth-order valence-corrected chi connectivity index (χ4v) is 9.61. The van der Waals surface area contributed by atoms with Crippen molar-refractivity contribution in [3.63, 3.8) is 0 Å². The first-order chi connectivity index (χ1) is 15.1. The summed E-state index contributed by atoms with van der Waals surface area (Å²) in [7, 11) is 0. The fraction of sp³-hybridized carbons (Fsp3) is 0.966. The van der Waals surface area contributed by atoms with Crippen LogP contribution in [0.2, 0.25) is 0 Å². The van der Waals surface area contributed by atoms with Crippen molar-refractivity contribution >= 4 is 5.97 Å². The number of carbonyl (C=O) groups is 1. The van der Waals surface area contributed by atoms with Gasteiger partial charge in [0.15, 0.2) is 0 Å². The van der Waals surface area contributed by atoms with Crippen LogP contribution in [-0.4, -0.2) is 23.3 Å².